The van der Waals surface area contributed by atoms with Crippen LogP contribution in [0.4, 0.5) is 0 Å². The van der Waals surface area contributed by atoms with Crippen LogP contribution in [0.1, 0.15) is 85.2 Å². The molecule has 3 N–H and O–H groups in total. The quantitative estimate of drug-likeness (QED) is 0.117. The Morgan fingerprint density at radius 1 is 0.704 bits per heavy atom. The van der Waals surface area contributed by atoms with Crippen molar-refractivity contribution in [2.75, 3.05) is 26.3 Å². The Morgan fingerprint density at radius 3 is 1.75 bits per heavy atom. The summed E-state index contributed by atoms with van der Waals surface area (Å²) in [5, 5.41) is 31.8. The summed E-state index contributed by atoms with van der Waals surface area (Å²) < 4.78 is 51.3. The van der Waals surface area contributed by atoms with E-state index in [2.05, 4.69) is 78.9 Å². The van der Waals surface area contributed by atoms with Gasteiger partial charge < -0.3 is 62.2 Å². The molecule has 14 nitrogen and oxygen atoms in total. The maximum atomic E-state index is 12.3. The lowest BCUT2D eigenvalue weighted by atomic mass is 9.94. The van der Waals surface area contributed by atoms with Crippen LogP contribution in [0.25, 0.3) is 21.3 Å². The van der Waals surface area contributed by atoms with Crippen molar-refractivity contribution in [1.29, 1.82) is 0 Å². The van der Waals surface area contributed by atoms with Gasteiger partial charge in [0.15, 0.2) is 30.3 Å². The molecule has 5 aliphatic heterocycles. The second-order valence-corrected chi connectivity index (χ2v) is 22.1. The number of rotatable bonds is 9. The number of halogens is 1. The fourth-order valence-corrected chi connectivity index (χ4v) is 11.5. The minimum atomic E-state index is -0.998. The third kappa shape index (κ3) is 12.8. The summed E-state index contributed by atoms with van der Waals surface area (Å²) in [6.45, 7) is 17.4. The number of carbonyl (C=O) groups is 1. The molecule has 5 fully saturated rings. The zero-order valence-corrected chi connectivity index (χ0v) is 45.0. The SMILES string of the molecule is CC.CC1(C)O[C@@H]2O[C@@H](C(=O)N3CCOCC3)[C@@H](O)[C@@H]2O1.Cc1ccc(C(O)[C@@H]2O[C@H]3OC(C)(C)O[C@H]3[C@@H]2O)cc1Cc1ccc(-c2ccco2)s1.Cc1ccc(I)cc1Cc1ccc(-c2ccco2)s1. The van der Waals surface area contributed by atoms with Crippen LogP contribution >= 0.6 is 45.3 Å². The van der Waals surface area contributed by atoms with E-state index in [1.807, 2.05) is 56.3 Å². The molecule has 0 spiro atoms. The summed E-state index contributed by atoms with van der Waals surface area (Å²) in [5.74, 6) is -0.00427. The Kier molecular flexibility index (Phi) is 17.5. The lowest BCUT2D eigenvalue weighted by Crippen LogP contribution is -2.50. The Morgan fingerprint density at radius 2 is 1.23 bits per heavy atom. The number of carbonyl (C=O) groups excluding carboxylic acids is 1. The predicted molar refractivity (Wildman–Crippen MR) is 278 cm³/mol. The number of morpholine rings is 1. The number of benzene rings is 2. The summed E-state index contributed by atoms with van der Waals surface area (Å²) in [6.07, 6.45) is -2.12. The predicted octanol–water partition coefficient (Wildman–Crippen LogP) is 9.80. The molecule has 9 atom stereocenters. The van der Waals surface area contributed by atoms with E-state index < -0.39 is 66.9 Å². The highest BCUT2D eigenvalue weighted by Gasteiger charge is 2.57. The van der Waals surface area contributed by atoms with Crippen molar-refractivity contribution < 1.29 is 62.1 Å². The molecule has 1 amide bonds. The lowest BCUT2D eigenvalue weighted by Gasteiger charge is -2.30. The van der Waals surface area contributed by atoms with Gasteiger partial charge in [0.25, 0.3) is 5.91 Å². The molecule has 4 aromatic heterocycles. The summed E-state index contributed by atoms with van der Waals surface area (Å²) in [6, 6.07) is 28.7. The van der Waals surface area contributed by atoms with Crippen LogP contribution in [0.2, 0.25) is 0 Å². The zero-order chi connectivity index (χ0) is 50.6. The zero-order valence-electron chi connectivity index (χ0n) is 41.2. The third-order valence-corrected chi connectivity index (χ3v) is 15.4. The first-order chi connectivity index (χ1) is 34.0. The fourth-order valence-electron chi connectivity index (χ4n) is 8.95. The number of thiophene rings is 2. The van der Waals surface area contributed by atoms with Crippen molar-refractivity contribution in [3.63, 3.8) is 0 Å². The van der Waals surface area contributed by atoms with E-state index in [1.54, 1.807) is 67.8 Å². The Hall–Kier alpha value is -3.80. The molecule has 0 bridgehead atoms. The molecular weight excluding hydrogens is 1060 g/mol. The van der Waals surface area contributed by atoms with Crippen LogP contribution in [0.5, 0.6) is 0 Å². The van der Waals surface area contributed by atoms with Gasteiger partial charge in [-0.05, 0) is 153 Å². The first kappa shape index (κ1) is 53.5. The van der Waals surface area contributed by atoms with Gasteiger partial charge >= 0.3 is 0 Å². The molecule has 5 aliphatic rings. The summed E-state index contributed by atoms with van der Waals surface area (Å²) in [7, 11) is 0. The van der Waals surface area contributed by atoms with Crippen molar-refractivity contribution in [3.05, 3.63) is 139 Å². The molecule has 6 aromatic rings. The van der Waals surface area contributed by atoms with Crippen LogP contribution in [0.3, 0.4) is 0 Å². The topological polar surface area (TPSA) is 172 Å². The molecule has 0 saturated carbocycles. The van der Waals surface area contributed by atoms with Crippen LogP contribution in [0, 0.1) is 17.4 Å². The normalized spacial score (nSPS) is 26.3. The van der Waals surface area contributed by atoms with E-state index >= 15 is 0 Å². The van der Waals surface area contributed by atoms with Crippen LogP contribution in [-0.4, -0.2) is 113 Å². The smallest absolute Gasteiger partial charge is 0.254 e. The van der Waals surface area contributed by atoms with Gasteiger partial charge in [-0.1, -0.05) is 38.1 Å². The number of amides is 1. The number of aliphatic hydroxyl groups excluding tert-OH is 3. The van der Waals surface area contributed by atoms with Gasteiger partial charge in [0.2, 0.25) is 0 Å². The van der Waals surface area contributed by atoms with Gasteiger partial charge in [-0.2, -0.15) is 0 Å². The number of aliphatic hydroxyl groups is 3. The maximum Gasteiger partial charge on any atom is 0.254 e. The monoisotopic (exact) mass is 1130 g/mol. The highest BCUT2D eigenvalue weighted by Crippen LogP contribution is 2.42. The minimum Gasteiger partial charge on any atom is -0.464 e. The summed E-state index contributed by atoms with van der Waals surface area (Å²) in [4.78, 5) is 18.8. The van der Waals surface area contributed by atoms with Gasteiger partial charge in [-0.3, -0.25) is 4.79 Å². The number of hydrogen-bond acceptors (Lipinski definition) is 15. The van der Waals surface area contributed by atoms with Crippen LogP contribution < -0.4 is 0 Å². The van der Waals surface area contributed by atoms with E-state index in [1.165, 1.54) is 29.3 Å². The van der Waals surface area contributed by atoms with Crippen molar-refractivity contribution in [3.8, 4) is 21.3 Å². The highest BCUT2D eigenvalue weighted by molar-refractivity contribution is 14.1. The Labute approximate surface area is 436 Å². The molecule has 2 aromatic carbocycles. The first-order valence-electron chi connectivity index (χ1n) is 24.0. The van der Waals surface area contributed by atoms with E-state index in [9.17, 15) is 20.1 Å². The van der Waals surface area contributed by atoms with Crippen LogP contribution in [0.15, 0.2) is 106 Å². The van der Waals surface area contributed by atoms with Crippen molar-refractivity contribution in [2.45, 2.75) is 135 Å². The largest absolute Gasteiger partial charge is 0.464 e. The number of nitrogens with zero attached hydrogens (tertiary/aromatic N) is 1. The second-order valence-electron chi connectivity index (χ2n) is 18.6. The van der Waals surface area contributed by atoms with Crippen molar-refractivity contribution in [2.24, 2.45) is 0 Å². The molecule has 17 heteroatoms. The van der Waals surface area contributed by atoms with Gasteiger partial charge in [-0.15, -0.1) is 22.7 Å². The maximum absolute atomic E-state index is 12.3. The number of hydrogen-bond donors (Lipinski definition) is 3. The Balaban J connectivity index is 0.000000147. The van der Waals surface area contributed by atoms with E-state index in [0.29, 0.717) is 31.9 Å². The number of furan rings is 2. The molecule has 0 aliphatic carbocycles. The van der Waals surface area contributed by atoms with E-state index in [-0.39, 0.29) is 5.91 Å². The summed E-state index contributed by atoms with van der Waals surface area (Å²) in [5.41, 5.74) is 5.72. The molecule has 11 rings (SSSR count). The van der Waals surface area contributed by atoms with E-state index in [0.717, 1.165) is 40.4 Å². The molecular formula is C54H64INO13S2. The van der Waals surface area contributed by atoms with E-state index in [4.69, 9.17) is 42.0 Å². The minimum absolute atomic E-state index is 0.227. The summed E-state index contributed by atoms with van der Waals surface area (Å²) >= 11 is 5.86. The third-order valence-electron chi connectivity index (χ3n) is 12.6. The average molecular weight is 1130 g/mol. The number of fused-ring (bicyclic) bond motifs is 2. The average Bonchev–Trinajstić information content (AvgIpc) is 4.22. The fraction of sp³-hybridized carbons (Fsp3) is 0.463. The standard InChI is InChI=1S/C24H26O6S.C16H13IOS.C12H19NO6.C2H6/c1-13-6-7-14(19(25)21-20(26)22-23(28-21)30-24(2,3)29-22)11-15(13)12-16-8-9-18(31-16)17-5-4-10-27-17;1-11-4-5-13(17)9-12(11)10-14-6-7-16(19-14)15-3-2-8-18-15;1-12(2)18-9-7(14)8(17-11(9)19-12)10(15)13-3-5-16-6-4-13;1-2/h4-11,19-23,25-26H,12H2,1-3H3;2-9H,10H2,1H3;7-9,11,14H,3-6H2,1-2H3;1-2H3/t19?,20-,21+,22+,23+;;7-,8-,9+,11+;/m1.1./s1. The van der Waals surface area contributed by atoms with Gasteiger partial charge in [0.05, 0.1) is 35.5 Å². The first-order valence-corrected chi connectivity index (χ1v) is 26.7. The molecule has 0 radical (unpaired) electrons. The molecule has 382 valence electrons. The number of ether oxygens (including phenoxy) is 7. The molecule has 5 saturated heterocycles. The van der Waals surface area contributed by atoms with Crippen LogP contribution in [-0.2, 0) is 50.8 Å². The van der Waals surface area contributed by atoms with Gasteiger partial charge in [-0.25, -0.2) is 0 Å². The number of aryl methyl sites for hydroxylation is 2. The highest BCUT2D eigenvalue weighted by atomic mass is 127. The van der Waals surface area contributed by atoms with Gasteiger partial charge in [0, 0.05) is 39.3 Å². The molecule has 1 unspecified atom stereocenters. The van der Waals surface area contributed by atoms with Crippen molar-refractivity contribution in [1.82, 2.24) is 4.90 Å². The molecule has 9 heterocycles. The van der Waals surface area contributed by atoms with Gasteiger partial charge in [0.1, 0.15) is 48.1 Å². The second kappa shape index (κ2) is 23.2. The lowest BCUT2D eigenvalue weighted by molar-refractivity contribution is -0.226. The molecule has 71 heavy (non-hydrogen) atoms. The Bertz CT molecular complexity index is 2660. The van der Waals surface area contributed by atoms with Crippen molar-refractivity contribution >= 4 is 51.2 Å².